The molecule has 1 unspecified atom stereocenters. The molecule has 1 N–H and O–H groups in total. The van der Waals surface area contributed by atoms with Crippen molar-refractivity contribution in [2.45, 2.75) is 51.0 Å². The highest BCUT2D eigenvalue weighted by Crippen LogP contribution is 2.33. The van der Waals surface area contributed by atoms with Crippen LogP contribution in [-0.4, -0.2) is 15.4 Å². The molecule has 0 amide bonds. The third-order valence-electron chi connectivity index (χ3n) is 5.27. The van der Waals surface area contributed by atoms with Crippen LogP contribution in [0.4, 0.5) is 5.82 Å². The maximum Gasteiger partial charge on any atom is 0.138 e. The molecule has 130 valence electrons. The molecule has 1 aliphatic carbocycles. The van der Waals surface area contributed by atoms with E-state index in [1.54, 1.807) is 0 Å². The van der Waals surface area contributed by atoms with Crippen LogP contribution in [0.1, 0.15) is 56.2 Å². The first-order valence-electron chi connectivity index (χ1n) is 9.21. The molecule has 1 aliphatic rings. The number of pyridine rings is 1. The normalized spacial score (nSPS) is 16.9. The summed E-state index contributed by atoms with van der Waals surface area (Å²) in [6.45, 7) is 2.23. The largest absolute Gasteiger partial charge is 0.367 e. The fourth-order valence-electron chi connectivity index (χ4n) is 3.82. The van der Waals surface area contributed by atoms with Gasteiger partial charge in [0.2, 0.25) is 0 Å². The predicted molar refractivity (Wildman–Crippen MR) is 105 cm³/mol. The lowest BCUT2D eigenvalue weighted by Gasteiger charge is -2.25. The summed E-state index contributed by atoms with van der Waals surface area (Å²) in [5, 5.41) is 4.52. The van der Waals surface area contributed by atoms with Crippen molar-refractivity contribution < 1.29 is 0 Å². The Morgan fingerprint density at radius 2 is 1.84 bits per heavy atom. The fraction of sp³-hybridized carbons (Fsp3) is 0.381. The van der Waals surface area contributed by atoms with E-state index in [0.717, 1.165) is 22.2 Å². The van der Waals surface area contributed by atoms with E-state index in [1.165, 1.54) is 37.7 Å². The molecule has 25 heavy (non-hydrogen) atoms. The number of fused-ring (bicyclic) bond motifs is 1. The monoisotopic (exact) mass is 353 g/mol. The Bertz CT molecular complexity index is 850. The zero-order valence-corrected chi connectivity index (χ0v) is 15.3. The van der Waals surface area contributed by atoms with Gasteiger partial charge in [-0.2, -0.15) is 0 Å². The number of aromatic nitrogens is 2. The van der Waals surface area contributed by atoms with Crippen LogP contribution in [0.3, 0.4) is 0 Å². The summed E-state index contributed by atoms with van der Waals surface area (Å²) in [5.74, 6) is 1.33. The van der Waals surface area contributed by atoms with Crippen molar-refractivity contribution in [2.24, 2.45) is 0 Å². The first-order chi connectivity index (χ1) is 12.2. The van der Waals surface area contributed by atoms with Crippen molar-refractivity contribution in [3.63, 3.8) is 0 Å². The van der Waals surface area contributed by atoms with Crippen molar-refractivity contribution in [3.8, 4) is 0 Å². The Morgan fingerprint density at radius 1 is 1.08 bits per heavy atom. The third kappa shape index (κ3) is 3.38. The predicted octanol–water partition coefficient (Wildman–Crippen LogP) is 5.88. The Labute approximate surface area is 154 Å². The molecule has 1 saturated carbocycles. The average molecular weight is 354 g/mol. The number of imidazole rings is 1. The van der Waals surface area contributed by atoms with Gasteiger partial charge in [0.15, 0.2) is 0 Å². The standard InChI is InChI=1S/C21H24ClN3/c1-15(16-8-4-2-5-9-16)20-21(23-18-10-6-3-7-11-18)25-14-17(22)12-13-19(25)24-20/h2,4-5,8-9,12-15,18,23H,3,6-7,10-11H2,1H3. The van der Waals surface area contributed by atoms with E-state index in [0.29, 0.717) is 6.04 Å². The number of nitrogens with zero attached hydrogens (tertiary/aromatic N) is 2. The van der Waals surface area contributed by atoms with Crippen molar-refractivity contribution in [1.82, 2.24) is 9.38 Å². The van der Waals surface area contributed by atoms with E-state index < -0.39 is 0 Å². The van der Waals surface area contributed by atoms with E-state index in [-0.39, 0.29) is 5.92 Å². The molecule has 3 nitrogen and oxygen atoms in total. The van der Waals surface area contributed by atoms with Gasteiger partial charge in [0, 0.05) is 18.2 Å². The highest BCUT2D eigenvalue weighted by atomic mass is 35.5. The summed E-state index contributed by atoms with van der Waals surface area (Å²) >= 11 is 6.26. The fourth-order valence-corrected chi connectivity index (χ4v) is 3.98. The van der Waals surface area contributed by atoms with Gasteiger partial charge >= 0.3 is 0 Å². The Hall–Kier alpha value is -2.00. The van der Waals surface area contributed by atoms with E-state index >= 15 is 0 Å². The van der Waals surface area contributed by atoms with Crippen LogP contribution in [0, 0.1) is 0 Å². The molecule has 2 aromatic heterocycles. The molecule has 0 aliphatic heterocycles. The van der Waals surface area contributed by atoms with Crippen LogP contribution in [-0.2, 0) is 0 Å². The van der Waals surface area contributed by atoms with Crippen LogP contribution < -0.4 is 5.32 Å². The maximum atomic E-state index is 6.26. The number of hydrogen-bond acceptors (Lipinski definition) is 2. The number of benzene rings is 1. The molecule has 1 atom stereocenters. The minimum Gasteiger partial charge on any atom is -0.367 e. The van der Waals surface area contributed by atoms with Crippen molar-refractivity contribution >= 4 is 23.1 Å². The van der Waals surface area contributed by atoms with Crippen molar-refractivity contribution in [3.05, 3.63) is 64.9 Å². The zero-order chi connectivity index (χ0) is 17.2. The van der Waals surface area contributed by atoms with Crippen LogP contribution in [0.2, 0.25) is 5.02 Å². The van der Waals surface area contributed by atoms with Gasteiger partial charge in [0.05, 0.1) is 10.7 Å². The molecule has 4 rings (SSSR count). The molecule has 3 aromatic rings. The van der Waals surface area contributed by atoms with Crippen LogP contribution in [0.25, 0.3) is 5.65 Å². The van der Waals surface area contributed by atoms with Crippen LogP contribution >= 0.6 is 11.6 Å². The summed E-state index contributed by atoms with van der Waals surface area (Å²) in [7, 11) is 0. The van der Waals surface area contributed by atoms with Gasteiger partial charge in [-0.25, -0.2) is 4.98 Å². The van der Waals surface area contributed by atoms with Gasteiger partial charge in [0.1, 0.15) is 11.5 Å². The number of halogens is 1. The second-order valence-electron chi connectivity index (χ2n) is 7.03. The smallest absolute Gasteiger partial charge is 0.138 e. The second kappa shape index (κ2) is 7.09. The van der Waals surface area contributed by atoms with Gasteiger partial charge in [-0.3, -0.25) is 4.40 Å². The quantitative estimate of drug-likeness (QED) is 0.634. The maximum absolute atomic E-state index is 6.26. The molecule has 1 aromatic carbocycles. The molecule has 0 saturated heterocycles. The Balaban J connectivity index is 1.77. The second-order valence-corrected chi connectivity index (χ2v) is 7.47. The number of rotatable bonds is 4. The van der Waals surface area contributed by atoms with Gasteiger partial charge < -0.3 is 5.32 Å². The van der Waals surface area contributed by atoms with Gasteiger partial charge in [-0.15, -0.1) is 0 Å². The average Bonchev–Trinajstić information content (AvgIpc) is 3.00. The topological polar surface area (TPSA) is 29.3 Å². The molecule has 0 bridgehead atoms. The minimum absolute atomic E-state index is 0.228. The molecule has 1 fully saturated rings. The molecule has 2 heterocycles. The van der Waals surface area contributed by atoms with Crippen molar-refractivity contribution in [1.29, 1.82) is 0 Å². The summed E-state index contributed by atoms with van der Waals surface area (Å²) in [4.78, 5) is 4.94. The molecular formula is C21H24ClN3. The Morgan fingerprint density at radius 3 is 2.60 bits per heavy atom. The van der Waals surface area contributed by atoms with E-state index in [1.807, 2.05) is 18.3 Å². The van der Waals surface area contributed by atoms with Crippen molar-refractivity contribution in [2.75, 3.05) is 5.32 Å². The van der Waals surface area contributed by atoms with Crippen LogP contribution in [0.15, 0.2) is 48.7 Å². The lowest BCUT2D eigenvalue weighted by molar-refractivity contribution is 0.461. The first kappa shape index (κ1) is 16.5. The van der Waals surface area contributed by atoms with E-state index in [9.17, 15) is 0 Å². The van der Waals surface area contributed by atoms with Crippen LogP contribution in [0.5, 0.6) is 0 Å². The molecule has 0 radical (unpaired) electrons. The lowest BCUT2D eigenvalue weighted by atomic mass is 9.94. The molecule has 0 spiro atoms. The lowest BCUT2D eigenvalue weighted by Crippen LogP contribution is -2.24. The minimum atomic E-state index is 0.228. The third-order valence-corrected chi connectivity index (χ3v) is 5.49. The van der Waals surface area contributed by atoms with E-state index in [2.05, 4.69) is 47.0 Å². The summed E-state index contributed by atoms with van der Waals surface area (Å²) in [5.41, 5.74) is 3.32. The highest BCUT2D eigenvalue weighted by molar-refractivity contribution is 6.30. The number of hydrogen-bond donors (Lipinski definition) is 1. The highest BCUT2D eigenvalue weighted by Gasteiger charge is 2.22. The number of anilines is 1. The van der Waals surface area contributed by atoms with E-state index in [4.69, 9.17) is 16.6 Å². The molecule has 4 heteroatoms. The SMILES string of the molecule is CC(c1ccccc1)c1nc2ccc(Cl)cn2c1NC1CCCCC1. The number of nitrogens with one attached hydrogen (secondary N) is 1. The van der Waals surface area contributed by atoms with Gasteiger partial charge in [-0.1, -0.05) is 68.1 Å². The summed E-state index contributed by atoms with van der Waals surface area (Å²) in [6, 6.07) is 15.0. The zero-order valence-electron chi connectivity index (χ0n) is 14.6. The van der Waals surface area contributed by atoms with Gasteiger partial charge in [0.25, 0.3) is 0 Å². The summed E-state index contributed by atoms with van der Waals surface area (Å²) in [6.07, 6.45) is 8.39. The summed E-state index contributed by atoms with van der Waals surface area (Å²) < 4.78 is 2.12. The molecular weight excluding hydrogens is 330 g/mol. The van der Waals surface area contributed by atoms with Gasteiger partial charge in [-0.05, 0) is 30.5 Å². The Kier molecular flexibility index (Phi) is 4.67. The first-order valence-corrected chi connectivity index (χ1v) is 9.59.